The number of likely N-dealkylation sites (tertiary alicyclic amines) is 1. The van der Waals surface area contributed by atoms with Crippen LogP contribution in [0.3, 0.4) is 0 Å². The van der Waals surface area contributed by atoms with Crippen LogP contribution in [0.4, 0.5) is 0 Å². The van der Waals surface area contributed by atoms with Crippen molar-refractivity contribution in [1.29, 1.82) is 0 Å². The summed E-state index contributed by atoms with van der Waals surface area (Å²) in [5, 5.41) is 0. The van der Waals surface area contributed by atoms with Crippen LogP contribution in [0.5, 0.6) is 0 Å². The molecule has 0 bridgehead atoms. The molecule has 1 heterocycles. The number of carbonyl (C=O) groups is 1. The van der Waals surface area contributed by atoms with Gasteiger partial charge < -0.3 is 0 Å². The molecular weight excluding hydrogens is 178 g/mol. The van der Waals surface area contributed by atoms with E-state index < -0.39 is 0 Å². The van der Waals surface area contributed by atoms with Crippen LogP contribution in [0.1, 0.15) is 25.7 Å². The van der Waals surface area contributed by atoms with Crippen molar-refractivity contribution in [3.8, 4) is 0 Å². The monoisotopic (exact) mass is 197 g/mol. The summed E-state index contributed by atoms with van der Waals surface area (Å²) in [5.41, 5.74) is 2.19. The van der Waals surface area contributed by atoms with Crippen molar-refractivity contribution in [3.05, 3.63) is 0 Å². The van der Waals surface area contributed by atoms with Gasteiger partial charge in [-0.25, -0.2) is 5.84 Å². The number of nitrogens with two attached hydrogens (primary N) is 1. The highest BCUT2D eigenvalue weighted by Gasteiger charge is 2.34. The lowest BCUT2D eigenvalue weighted by molar-refractivity contribution is -0.122. The van der Waals surface area contributed by atoms with Crippen LogP contribution in [0.25, 0.3) is 0 Å². The first-order valence-corrected chi connectivity index (χ1v) is 5.51. The summed E-state index contributed by atoms with van der Waals surface area (Å²) in [5.74, 6) is 6.69. The molecule has 2 atom stereocenters. The van der Waals surface area contributed by atoms with Gasteiger partial charge in [0, 0.05) is 13.1 Å². The summed E-state index contributed by atoms with van der Waals surface area (Å²) in [6, 6.07) is 0. The van der Waals surface area contributed by atoms with Crippen molar-refractivity contribution >= 4 is 5.91 Å². The van der Waals surface area contributed by atoms with Crippen molar-refractivity contribution in [3.63, 3.8) is 0 Å². The first-order chi connectivity index (χ1) is 6.79. The molecule has 14 heavy (non-hydrogen) atoms. The highest BCUT2D eigenvalue weighted by molar-refractivity contribution is 5.77. The Morgan fingerprint density at radius 1 is 1.29 bits per heavy atom. The molecule has 4 heteroatoms. The molecule has 0 aromatic carbocycles. The number of hydrogen-bond donors (Lipinski definition) is 2. The van der Waals surface area contributed by atoms with Crippen LogP contribution in [-0.4, -0.2) is 30.4 Å². The minimum atomic E-state index is -0.0661. The van der Waals surface area contributed by atoms with E-state index in [1.54, 1.807) is 0 Å². The van der Waals surface area contributed by atoms with Crippen molar-refractivity contribution in [2.24, 2.45) is 17.7 Å². The molecule has 2 aliphatic rings. The third kappa shape index (κ3) is 2.07. The summed E-state index contributed by atoms with van der Waals surface area (Å²) in [6.45, 7) is 2.67. The number of nitrogens with one attached hydrogen (secondary N) is 1. The standard InChI is InChI=1S/C10H19N3O/c11-12-10(14)7-13-5-8-3-1-2-4-9(8)6-13/h8-9H,1-7,11H2,(H,12,14). The topological polar surface area (TPSA) is 58.4 Å². The Labute approximate surface area is 84.8 Å². The average molecular weight is 197 g/mol. The van der Waals surface area contributed by atoms with E-state index in [2.05, 4.69) is 10.3 Å². The normalized spacial score (nSPS) is 32.6. The lowest BCUT2D eigenvalue weighted by Gasteiger charge is -2.23. The third-order valence-corrected chi connectivity index (χ3v) is 3.58. The van der Waals surface area contributed by atoms with E-state index >= 15 is 0 Å². The minimum Gasteiger partial charge on any atom is -0.294 e. The van der Waals surface area contributed by atoms with Gasteiger partial charge in [-0.15, -0.1) is 0 Å². The van der Waals surface area contributed by atoms with Crippen LogP contribution in [-0.2, 0) is 4.79 Å². The second-order valence-corrected chi connectivity index (χ2v) is 4.57. The molecule has 2 rings (SSSR count). The smallest absolute Gasteiger partial charge is 0.248 e. The summed E-state index contributed by atoms with van der Waals surface area (Å²) in [7, 11) is 0. The summed E-state index contributed by atoms with van der Waals surface area (Å²) in [6.07, 6.45) is 5.45. The molecule has 1 saturated heterocycles. The Morgan fingerprint density at radius 3 is 2.36 bits per heavy atom. The van der Waals surface area contributed by atoms with Crippen LogP contribution in [0, 0.1) is 11.8 Å². The predicted molar refractivity (Wildman–Crippen MR) is 54.2 cm³/mol. The van der Waals surface area contributed by atoms with Gasteiger partial charge >= 0.3 is 0 Å². The Bertz CT molecular complexity index is 205. The number of fused-ring (bicyclic) bond motifs is 1. The van der Waals surface area contributed by atoms with Crippen LogP contribution >= 0.6 is 0 Å². The first kappa shape index (κ1) is 9.93. The van der Waals surface area contributed by atoms with Gasteiger partial charge in [-0.05, 0) is 24.7 Å². The molecule has 0 aromatic rings. The molecule has 3 N–H and O–H groups in total. The van der Waals surface area contributed by atoms with Crippen molar-refractivity contribution in [2.45, 2.75) is 25.7 Å². The second kappa shape index (κ2) is 4.28. The van der Waals surface area contributed by atoms with Gasteiger partial charge in [-0.2, -0.15) is 0 Å². The van der Waals surface area contributed by atoms with Gasteiger partial charge in [-0.1, -0.05) is 12.8 Å². The van der Waals surface area contributed by atoms with Gasteiger partial charge in [0.15, 0.2) is 0 Å². The van der Waals surface area contributed by atoms with E-state index in [-0.39, 0.29) is 5.91 Å². The van der Waals surface area contributed by atoms with Crippen LogP contribution in [0.15, 0.2) is 0 Å². The maximum absolute atomic E-state index is 11.1. The maximum atomic E-state index is 11.1. The summed E-state index contributed by atoms with van der Waals surface area (Å²) >= 11 is 0. The van der Waals surface area contributed by atoms with Crippen LogP contribution < -0.4 is 11.3 Å². The Morgan fingerprint density at radius 2 is 1.86 bits per heavy atom. The zero-order valence-corrected chi connectivity index (χ0v) is 8.54. The van der Waals surface area contributed by atoms with Gasteiger partial charge in [0.05, 0.1) is 6.54 Å². The lowest BCUT2D eigenvalue weighted by Crippen LogP contribution is -2.39. The zero-order valence-electron chi connectivity index (χ0n) is 8.54. The lowest BCUT2D eigenvalue weighted by atomic mass is 9.82. The third-order valence-electron chi connectivity index (χ3n) is 3.58. The molecule has 1 amide bonds. The highest BCUT2D eigenvalue weighted by atomic mass is 16.2. The zero-order chi connectivity index (χ0) is 9.97. The highest BCUT2D eigenvalue weighted by Crippen LogP contribution is 2.35. The van der Waals surface area contributed by atoms with Gasteiger partial charge in [0.25, 0.3) is 0 Å². The predicted octanol–water partition coefficient (Wildman–Crippen LogP) is 0.0983. The fourth-order valence-corrected chi connectivity index (χ4v) is 2.88. The SMILES string of the molecule is NNC(=O)CN1CC2CCCCC2C1. The number of rotatable bonds is 2. The number of hydrazine groups is 1. The molecule has 80 valence electrons. The Kier molecular flexibility index (Phi) is 3.03. The molecule has 4 nitrogen and oxygen atoms in total. The van der Waals surface area contributed by atoms with Gasteiger partial charge in [0.2, 0.25) is 5.91 Å². The molecule has 1 saturated carbocycles. The van der Waals surface area contributed by atoms with E-state index in [1.165, 1.54) is 25.7 Å². The van der Waals surface area contributed by atoms with Crippen molar-refractivity contribution in [1.82, 2.24) is 10.3 Å². The molecule has 1 aliphatic heterocycles. The molecular formula is C10H19N3O. The molecule has 2 fully saturated rings. The number of nitrogens with zero attached hydrogens (tertiary/aromatic N) is 1. The Hall–Kier alpha value is -0.610. The molecule has 2 unspecified atom stereocenters. The molecule has 1 aliphatic carbocycles. The van der Waals surface area contributed by atoms with E-state index in [4.69, 9.17) is 5.84 Å². The number of hydrogen-bond acceptors (Lipinski definition) is 3. The van der Waals surface area contributed by atoms with Crippen molar-refractivity contribution < 1.29 is 4.79 Å². The summed E-state index contributed by atoms with van der Waals surface area (Å²) in [4.78, 5) is 13.3. The van der Waals surface area contributed by atoms with E-state index in [0.29, 0.717) is 6.54 Å². The van der Waals surface area contributed by atoms with E-state index in [1.807, 2.05) is 0 Å². The van der Waals surface area contributed by atoms with E-state index in [0.717, 1.165) is 24.9 Å². The largest absolute Gasteiger partial charge is 0.294 e. The van der Waals surface area contributed by atoms with Crippen LogP contribution in [0.2, 0.25) is 0 Å². The average Bonchev–Trinajstić information content (AvgIpc) is 2.59. The Balaban J connectivity index is 1.83. The second-order valence-electron chi connectivity index (χ2n) is 4.57. The fourth-order valence-electron chi connectivity index (χ4n) is 2.88. The molecule has 0 spiro atoms. The quantitative estimate of drug-likeness (QED) is 0.375. The van der Waals surface area contributed by atoms with E-state index in [9.17, 15) is 4.79 Å². The number of carbonyl (C=O) groups excluding carboxylic acids is 1. The summed E-state index contributed by atoms with van der Waals surface area (Å²) < 4.78 is 0. The fraction of sp³-hybridized carbons (Fsp3) is 0.900. The van der Waals surface area contributed by atoms with Gasteiger partial charge in [0.1, 0.15) is 0 Å². The number of amides is 1. The molecule has 0 aromatic heterocycles. The van der Waals surface area contributed by atoms with Gasteiger partial charge in [-0.3, -0.25) is 15.1 Å². The maximum Gasteiger partial charge on any atom is 0.248 e. The minimum absolute atomic E-state index is 0.0661. The van der Waals surface area contributed by atoms with Crippen molar-refractivity contribution in [2.75, 3.05) is 19.6 Å². The first-order valence-electron chi connectivity index (χ1n) is 5.51. The molecule has 0 radical (unpaired) electrons.